The van der Waals surface area contributed by atoms with Crippen LogP contribution in [0.2, 0.25) is 0 Å². The summed E-state index contributed by atoms with van der Waals surface area (Å²) in [6, 6.07) is -0.364. The van der Waals surface area contributed by atoms with Crippen LogP contribution in [0.4, 0.5) is 5.82 Å². The van der Waals surface area contributed by atoms with Crippen LogP contribution in [0.15, 0.2) is 28.8 Å². The largest absolute Gasteiger partial charge is 0.307 e. The highest BCUT2D eigenvalue weighted by Crippen LogP contribution is 2.09. The Morgan fingerprint density at radius 3 is 3.07 bits per heavy atom. The summed E-state index contributed by atoms with van der Waals surface area (Å²) in [7, 11) is 0. The maximum Gasteiger partial charge on any atom is 0.252 e. The van der Waals surface area contributed by atoms with Crippen molar-refractivity contribution in [1.29, 1.82) is 0 Å². The van der Waals surface area contributed by atoms with Crippen LogP contribution in [0.5, 0.6) is 0 Å². The van der Waals surface area contributed by atoms with Gasteiger partial charge >= 0.3 is 0 Å². The zero-order valence-corrected chi connectivity index (χ0v) is 7.42. The molecule has 6 heteroatoms. The van der Waals surface area contributed by atoms with Crippen molar-refractivity contribution in [2.75, 3.05) is 11.9 Å². The molecule has 0 saturated carbocycles. The fourth-order valence-electron chi connectivity index (χ4n) is 1.15. The zero-order valence-electron chi connectivity index (χ0n) is 7.42. The Morgan fingerprint density at radius 1 is 1.50 bits per heavy atom. The number of azo groups is 1. The first-order chi connectivity index (χ1) is 6.86. The van der Waals surface area contributed by atoms with Gasteiger partial charge in [-0.1, -0.05) is 0 Å². The van der Waals surface area contributed by atoms with E-state index < -0.39 is 0 Å². The van der Waals surface area contributed by atoms with E-state index in [1.54, 1.807) is 6.20 Å². The van der Waals surface area contributed by atoms with Gasteiger partial charge in [0.2, 0.25) is 0 Å². The molecule has 6 nitrogen and oxygen atoms in total. The Balaban J connectivity index is 1.98. The molecule has 1 aliphatic heterocycles. The van der Waals surface area contributed by atoms with Crippen LogP contribution in [0.25, 0.3) is 0 Å². The highest BCUT2D eigenvalue weighted by molar-refractivity contribution is 5.94. The van der Waals surface area contributed by atoms with Gasteiger partial charge in [0.1, 0.15) is 0 Å². The second-order valence-corrected chi connectivity index (χ2v) is 2.86. The monoisotopic (exact) mass is 191 g/mol. The average Bonchev–Trinajstić information content (AvgIpc) is 2.72. The lowest BCUT2D eigenvalue weighted by Gasteiger charge is -2.05. The third-order valence-corrected chi connectivity index (χ3v) is 1.84. The minimum atomic E-state index is -0.364. The van der Waals surface area contributed by atoms with Crippen molar-refractivity contribution in [2.24, 2.45) is 10.2 Å². The molecule has 72 valence electrons. The molecule has 1 N–H and O–H groups in total. The van der Waals surface area contributed by atoms with Gasteiger partial charge in [-0.2, -0.15) is 10.2 Å². The van der Waals surface area contributed by atoms with Gasteiger partial charge in [0.05, 0.1) is 12.7 Å². The van der Waals surface area contributed by atoms with Gasteiger partial charge in [0, 0.05) is 18.8 Å². The van der Waals surface area contributed by atoms with Gasteiger partial charge in [-0.15, -0.1) is 0 Å². The van der Waals surface area contributed by atoms with E-state index in [2.05, 4.69) is 25.5 Å². The molecular formula is C8H9N5O. The number of carbonyl (C=O) groups excluding carboxylic acids is 1. The van der Waals surface area contributed by atoms with E-state index in [-0.39, 0.29) is 11.9 Å². The fraction of sp³-hybridized carbons (Fsp3) is 0.375. The van der Waals surface area contributed by atoms with Crippen molar-refractivity contribution >= 4 is 11.7 Å². The SMILES string of the molecule is O=C(Nc1cnccn1)C1CCN=N1. The third kappa shape index (κ3) is 1.90. The maximum atomic E-state index is 11.5. The van der Waals surface area contributed by atoms with E-state index >= 15 is 0 Å². The van der Waals surface area contributed by atoms with E-state index in [1.165, 1.54) is 12.4 Å². The molecule has 0 aromatic carbocycles. The number of nitrogens with one attached hydrogen (secondary N) is 1. The van der Waals surface area contributed by atoms with Gasteiger partial charge < -0.3 is 5.32 Å². The average molecular weight is 191 g/mol. The topological polar surface area (TPSA) is 79.6 Å². The number of hydrogen-bond donors (Lipinski definition) is 1. The zero-order chi connectivity index (χ0) is 9.80. The van der Waals surface area contributed by atoms with E-state index in [4.69, 9.17) is 0 Å². The first kappa shape index (κ1) is 8.74. The number of hydrogen-bond acceptors (Lipinski definition) is 5. The summed E-state index contributed by atoms with van der Waals surface area (Å²) in [6.07, 6.45) is 5.23. The van der Waals surface area contributed by atoms with Crippen molar-refractivity contribution in [1.82, 2.24) is 9.97 Å². The van der Waals surface area contributed by atoms with Crippen molar-refractivity contribution in [3.05, 3.63) is 18.6 Å². The maximum absolute atomic E-state index is 11.5. The van der Waals surface area contributed by atoms with E-state index in [1.807, 2.05) is 0 Å². The summed E-state index contributed by atoms with van der Waals surface area (Å²) in [5, 5.41) is 10.2. The highest BCUT2D eigenvalue weighted by Gasteiger charge is 2.21. The van der Waals surface area contributed by atoms with E-state index in [0.717, 1.165) is 0 Å². The number of amides is 1. The molecule has 0 aliphatic carbocycles. The second kappa shape index (κ2) is 3.91. The molecule has 0 saturated heterocycles. The van der Waals surface area contributed by atoms with Gasteiger partial charge in [-0.05, 0) is 0 Å². The molecular weight excluding hydrogens is 182 g/mol. The van der Waals surface area contributed by atoms with Gasteiger partial charge in [0.25, 0.3) is 5.91 Å². The molecule has 1 aromatic rings. The lowest BCUT2D eigenvalue weighted by atomic mass is 10.2. The Kier molecular flexibility index (Phi) is 2.44. The van der Waals surface area contributed by atoms with Gasteiger partial charge in [-0.25, -0.2) is 4.98 Å². The number of anilines is 1. The van der Waals surface area contributed by atoms with E-state index in [9.17, 15) is 4.79 Å². The quantitative estimate of drug-likeness (QED) is 0.744. The first-order valence-electron chi connectivity index (χ1n) is 4.30. The summed E-state index contributed by atoms with van der Waals surface area (Å²) in [4.78, 5) is 19.2. The molecule has 0 fully saturated rings. The minimum Gasteiger partial charge on any atom is -0.307 e. The van der Waals surface area contributed by atoms with Crippen LogP contribution in [0.3, 0.4) is 0 Å². The highest BCUT2D eigenvalue weighted by atomic mass is 16.2. The molecule has 2 rings (SSSR count). The molecule has 1 unspecified atom stereocenters. The first-order valence-corrected chi connectivity index (χ1v) is 4.30. The van der Waals surface area contributed by atoms with Crippen molar-refractivity contribution < 1.29 is 4.79 Å². The minimum absolute atomic E-state index is 0.174. The molecule has 1 aromatic heterocycles. The standard InChI is InChI=1S/C8H9N5O/c14-8(6-1-2-11-13-6)12-7-5-9-3-4-10-7/h3-6H,1-2H2,(H,10,12,14). The number of aromatic nitrogens is 2. The van der Waals surface area contributed by atoms with Crippen LogP contribution in [0, 0.1) is 0 Å². The number of carbonyl (C=O) groups is 1. The molecule has 14 heavy (non-hydrogen) atoms. The third-order valence-electron chi connectivity index (χ3n) is 1.84. The van der Waals surface area contributed by atoms with E-state index in [0.29, 0.717) is 18.8 Å². The summed E-state index contributed by atoms with van der Waals surface area (Å²) < 4.78 is 0. The van der Waals surface area contributed by atoms with Crippen molar-refractivity contribution in [3.63, 3.8) is 0 Å². The van der Waals surface area contributed by atoms with Gasteiger partial charge in [0.15, 0.2) is 11.9 Å². The summed E-state index contributed by atoms with van der Waals surface area (Å²) in [5.41, 5.74) is 0. The molecule has 1 amide bonds. The van der Waals surface area contributed by atoms with Gasteiger partial charge in [-0.3, -0.25) is 9.78 Å². The molecule has 1 atom stereocenters. The van der Waals surface area contributed by atoms with Crippen LogP contribution in [0.1, 0.15) is 6.42 Å². The summed E-state index contributed by atoms with van der Waals surface area (Å²) in [6.45, 7) is 0.624. The smallest absolute Gasteiger partial charge is 0.252 e. The molecule has 0 bridgehead atoms. The molecule has 2 heterocycles. The summed E-state index contributed by atoms with van der Waals surface area (Å²) in [5.74, 6) is 0.270. The van der Waals surface area contributed by atoms with Crippen LogP contribution in [-0.2, 0) is 4.79 Å². The second-order valence-electron chi connectivity index (χ2n) is 2.86. The Hall–Kier alpha value is -1.85. The fourth-order valence-corrected chi connectivity index (χ4v) is 1.15. The molecule has 0 radical (unpaired) electrons. The van der Waals surface area contributed by atoms with Crippen LogP contribution in [-0.4, -0.2) is 28.5 Å². The van der Waals surface area contributed by atoms with Crippen molar-refractivity contribution in [3.8, 4) is 0 Å². The number of rotatable bonds is 2. The lowest BCUT2D eigenvalue weighted by molar-refractivity contribution is -0.117. The Labute approximate surface area is 80.5 Å². The molecule has 0 spiro atoms. The summed E-state index contributed by atoms with van der Waals surface area (Å²) >= 11 is 0. The molecule has 1 aliphatic rings. The van der Waals surface area contributed by atoms with Crippen LogP contribution < -0.4 is 5.32 Å². The predicted molar refractivity (Wildman–Crippen MR) is 48.8 cm³/mol. The Morgan fingerprint density at radius 2 is 2.43 bits per heavy atom. The lowest BCUT2D eigenvalue weighted by Crippen LogP contribution is -2.25. The number of nitrogens with zero attached hydrogens (tertiary/aromatic N) is 4. The van der Waals surface area contributed by atoms with Crippen LogP contribution >= 0.6 is 0 Å². The predicted octanol–water partition coefficient (Wildman–Crippen LogP) is 0.640. The Bertz CT molecular complexity index is 350. The normalized spacial score (nSPS) is 19.6. The van der Waals surface area contributed by atoms with Crippen molar-refractivity contribution in [2.45, 2.75) is 12.5 Å².